The van der Waals surface area contributed by atoms with Gasteiger partial charge < -0.3 is 15.2 Å². The van der Waals surface area contributed by atoms with E-state index in [1.165, 1.54) is 9.13 Å². The van der Waals surface area contributed by atoms with Crippen molar-refractivity contribution in [3.05, 3.63) is 62.3 Å². The lowest BCUT2D eigenvalue weighted by Crippen LogP contribution is -2.43. The zero-order chi connectivity index (χ0) is 21.4. The summed E-state index contributed by atoms with van der Waals surface area (Å²) in [6.45, 7) is 4.26. The molecule has 3 aromatic rings. The van der Waals surface area contributed by atoms with Gasteiger partial charge >= 0.3 is 5.69 Å². The van der Waals surface area contributed by atoms with E-state index in [1.54, 1.807) is 31.3 Å². The maximum atomic E-state index is 13.4. The smallest absolute Gasteiger partial charge is 0.331 e. The first kappa shape index (κ1) is 20.0. The second-order valence-electron chi connectivity index (χ2n) is 7.83. The van der Waals surface area contributed by atoms with Crippen molar-refractivity contribution in [2.24, 2.45) is 12.8 Å². The largest absolute Gasteiger partial charge is 0.356 e. The van der Waals surface area contributed by atoms with Crippen molar-refractivity contribution in [2.75, 3.05) is 18.0 Å². The van der Waals surface area contributed by atoms with Gasteiger partial charge in [-0.3, -0.25) is 13.9 Å². The van der Waals surface area contributed by atoms with Crippen molar-refractivity contribution in [3.8, 4) is 6.07 Å². The Morgan fingerprint density at radius 2 is 2.00 bits per heavy atom. The van der Waals surface area contributed by atoms with Gasteiger partial charge in [0, 0.05) is 38.8 Å². The molecule has 156 valence electrons. The second kappa shape index (κ2) is 7.84. The summed E-state index contributed by atoms with van der Waals surface area (Å²) < 4.78 is 4.71. The normalized spacial score (nSPS) is 16.7. The number of anilines is 1. The number of nitrogens with zero attached hydrogens (tertiary/aromatic N) is 5. The Hall–Kier alpha value is -3.31. The SMILES string of the molecule is CCn1c(N2CCC[C@@H](N)C2)cc2c1c(=O)n(Cc1ccccc1C#N)c(=O)n2C. The summed E-state index contributed by atoms with van der Waals surface area (Å²) in [4.78, 5) is 28.7. The van der Waals surface area contributed by atoms with Crippen LogP contribution < -0.4 is 21.9 Å². The molecule has 30 heavy (non-hydrogen) atoms. The molecular formula is C22H26N6O2. The predicted molar refractivity (Wildman–Crippen MR) is 117 cm³/mol. The van der Waals surface area contributed by atoms with Crippen LogP contribution in [0.15, 0.2) is 39.9 Å². The van der Waals surface area contributed by atoms with Gasteiger partial charge in [-0.1, -0.05) is 18.2 Å². The minimum absolute atomic E-state index is 0.0595. The number of nitrogens with two attached hydrogens (primary N) is 1. The topological polar surface area (TPSA) is 102 Å². The van der Waals surface area contributed by atoms with E-state index >= 15 is 0 Å². The molecule has 0 bridgehead atoms. The van der Waals surface area contributed by atoms with E-state index in [1.807, 2.05) is 17.6 Å². The molecule has 1 fully saturated rings. The third kappa shape index (κ3) is 3.21. The standard InChI is InChI=1S/C22H26N6O2/c1-3-27-19(26-10-6-9-17(24)14-26)11-18-20(27)21(29)28(22(30)25(18)2)13-16-8-5-4-7-15(16)12-23/h4-5,7-8,11,17H,3,6,9-10,13-14,24H2,1-2H3/t17-/m1/s1. The number of aromatic nitrogens is 3. The molecule has 1 atom stereocenters. The zero-order valence-electron chi connectivity index (χ0n) is 17.3. The molecule has 0 spiro atoms. The van der Waals surface area contributed by atoms with Crippen molar-refractivity contribution in [1.29, 1.82) is 5.26 Å². The molecule has 2 N–H and O–H groups in total. The Bertz CT molecular complexity index is 1260. The van der Waals surface area contributed by atoms with Crippen LogP contribution in [0.4, 0.5) is 5.82 Å². The molecule has 0 saturated carbocycles. The lowest BCUT2D eigenvalue weighted by atomic mass is 10.1. The van der Waals surface area contributed by atoms with Crippen molar-refractivity contribution < 1.29 is 0 Å². The molecule has 1 aliphatic rings. The van der Waals surface area contributed by atoms with Gasteiger partial charge in [-0.05, 0) is 31.4 Å². The number of hydrogen-bond donors (Lipinski definition) is 1. The van der Waals surface area contributed by atoms with Crippen molar-refractivity contribution in [1.82, 2.24) is 13.7 Å². The van der Waals surface area contributed by atoms with Crippen LogP contribution >= 0.6 is 0 Å². The van der Waals surface area contributed by atoms with Crippen molar-refractivity contribution in [3.63, 3.8) is 0 Å². The fourth-order valence-corrected chi connectivity index (χ4v) is 4.38. The van der Waals surface area contributed by atoms with Gasteiger partial charge in [-0.15, -0.1) is 0 Å². The number of rotatable bonds is 4. The number of aryl methyl sites for hydroxylation is 2. The zero-order valence-corrected chi connectivity index (χ0v) is 17.3. The van der Waals surface area contributed by atoms with Crippen LogP contribution in [0.3, 0.4) is 0 Å². The molecular weight excluding hydrogens is 380 g/mol. The molecule has 4 rings (SSSR count). The average molecular weight is 406 g/mol. The van der Waals surface area contributed by atoms with Crippen LogP contribution in [-0.4, -0.2) is 32.8 Å². The fraction of sp³-hybridized carbons (Fsp3) is 0.409. The van der Waals surface area contributed by atoms with Crippen LogP contribution in [-0.2, 0) is 20.1 Å². The predicted octanol–water partition coefficient (Wildman–Crippen LogP) is 1.37. The summed E-state index contributed by atoms with van der Waals surface area (Å²) >= 11 is 0. The van der Waals surface area contributed by atoms with Crippen molar-refractivity contribution >= 4 is 16.9 Å². The minimum Gasteiger partial charge on any atom is -0.356 e. The summed E-state index contributed by atoms with van der Waals surface area (Å²) in [5, 5.41) is 9.37. The molecule has 1 aliphatic heterocycles. The highest BCUT2D eigenvalue weighted by molar-refractivity contribution is 5.81. The minimum atomic E-state index is -0.393. The Morgan fingerprint density at radius 3 is 2.70 bits per heavy atom. The first-order valence-electron chi connectivity index (χ1n) is 10.3. The van der Waals surface area contributed by atoms with Gasteiger partial charge in [0.05, 0.1) is 23.7 Å². The van der Waals surface area contributed by atoms with Gasteiger partial charge in [0.1, 0.15) is 11.3 Å². The molecule has 8 heteroatoms. The van der Waals surface area contributed by atoms with E-state index in [9.17, 15) is 14.9 Å². The molecule has 0 radical (unpaired) electrons. The number of fused-ring (bicyclic) bond motifs is 1. The van der Waals surface area contributed by atoms with Crippen molar-refractivity contribution in [2.45, 2.75) is 38.9 Å². The highest BCUT2D eigenvalue weighted by Crippen LogP contribution is 2.26. The monoisotopic (exact) mass is 406 g/mol. The highest BCUT2D eigenvalue weighted by atomic mass is 16.2. The summed E-state index contributed by atoms with van der Waals surface area (Å²) in [6, 6.07) is 11.2. The first-order valence-corrected chi connectivity index (χ1v) is 10.3. The third-order valence-corrected chi connectivity index (χ3v) is 5.95. The fourth-order valence-electron chi connectivity index (χ4n) is 4.38. The second-order valence-corrected chi connectivity index (χ2v) is 7.83. The van der Waals surface area contributed by atoms with Crippen LogP contribution in [0.2, 0.25) is 0 Å². The molecule has 0 aliphatic carbocycles. The van der Waals surface area contributed by atoms with Crippen LogP contribution in [0.1, 0.15) is 30.9 Å². The number of hydrogen-bond acceptors (Lipinski definition) is 5. The maximum absolute atomic E-state index is 13.4. The maximum Gasteiger partial charge on any atom is 0.331 e. The number of nitriles is 1. The quantitative estimate of drug-likeness (QED) is 0.705. The molecule has 0 unspecified atom stereocenters. The Morgan fingerprint density at radius 1 is 1.23 bits per heavy atom. The molecule has 2 aromatic heterocycles. The first-order chi connectivity index (χ1) is 14.5. The highest BCUT2D eigenvalue weighted by Gasteiger charge is 2.24. The van der Waals surface area contributed by atoms with E-state index in [2.05, 4.69) is 11.0 Å². The third-order valence-electron chi connectivity index (χ3n) is 5.95. The van der Waals surface area contributed by atoms with Gasteiger partial charge in [0.2, 0.25) is 0 Å². The summed E-state index contributed by atoms with van der Waals surface area (Å²) in [6.07, 6.45) is 1.99. The van der Waals surface area contributed by atoms with Gasteiger partial charge in [0.15, 0.2) is 0 Å². The number of benzene rings is 1. The lowest BCUT2D eigenvalue weighted by Gasteiger charge is -2.33. The van der Waals surface area contributed by atoms with Gasteiger partial charge in [-0.2, -0.15) is 5.26 Å². The van der Waals surface area contributed by atoms with Crippen LogP contribution in [0.5, 0.6) is 0 Å². The summed E-state index contributed by atoms with van der Waals surface area (Å²) in [5.74, 6) is 0.921. The lowest BCUT2D eigenvalue weighted by molar-refractivity contribution is 0.498. The van der Waals surface area contributed by atoms with E-state index in [4.69, 9.17) is 5.73 Å². The van der Waals surface area contributed by atoms with E-state index in [0.717, 1.165) is 31.7 Å². The Labute approximate surface area is 174 Å². The van der Waals surface area contributed by atoms with Crippen LogP contribution in [0, 0.1) is 11.3 Å². The van der Waals surface area contributed by atoms with Crippen LogP contribution in [0.25, 0.3) is 11.0 Å². The Balaban J connectivity index is 1.91. The molecule has 1 saturated heterocycles. The van der Waals surface area contributed by atoms with Gasteiger partial charge in [-0.25, -0.2) is 4.79 Å². The molecule has 1 aromatic carbocycles. The number of piperidine rings is 1. The van der Waals surface area contributed by atoms with E-state index in [0.29, 0.717) is 28.7 Å². The molecule has 0 amide bonds. The van der Waals surface area contributed by atoms with E-state index in [-0.39, 0.29) is 18.1 Å². The molecule has 8 nitrogen and oxygen atoms in total. The summed E-state index contributed by atoms with van der Waals surface area (Å²) in [5.41, 5.74) is 7.67. The summed E-state index contributed by atoms with van der Waals surface area (Å²) in [7, 11) is 1.68. The van der Waals surface area contributed by atoms with Gasteiger partial charge in [0.25, 0.3) is 5.56 Å². The Kier molecular flexibility index (Phi) is 5.22. The molecule has 3 heterocycles. The van der Waals surface area contributed by atoms with E-state index < -0.39 is 5.69 Å². The average Bonchev–Trinajstić information content (AvgIpc) is 3.15.